The van der Waals surface area contributed by atoms with Crippen molar-refractivity contribution in [2.75, 3.05) is 26.8 Å². The highest BCUT2D eigenvalue weighted by molar-refractivity contribution is 5.76. The van der Waals surface area contributed by atoms with Crippen molar-refractivity contribution in [3.63, 3.8) is 0 Å². The number of piperidine rings is 1. The van der Waals surface area contributed by atoms with E-state index in [-0.39, 0.29) is 18.1 Å². The number of ether oxygens (including phenoxy) is 2. The summed E-state index contributed by atoms with van der Waals surface area (Å²) in [6.45, 7) is 2.32. The second-order valence-electron chi connectivity index (χ2n) is 8.65. The number of methoxy groups -OCH3 is 1. The largest absolute Gasteiger partial charge is 0.497 e. The van der Waals surface area contributed by atoms with Crippen LogP contribution in [0, 0.1) is 0 Å². The smallest absolute Gasteiger partial charge is 0.222 e. The molecule has 1 unspecified atom stereocenters. The summed E-state index contributed by atoms with van der Waals surface area (Å²) in [5.74, 6) is 2.05. The average Bonchev–Trinajstić information content (AvgIpc) is 3.51. The number of amides is 1. The van der Waals surface area contributed by atoms with Gasteiger partial charge < -0.3 is 18.9 Å². The van der Waals surface area contributed by atoms with E-state index in [0.717, 1.165) is 80.1 Å². The molecule has 7 nitrogen and oxygen atoms in total. The van der Waals surface area contributed by atoms with E-state index in [1.54, 1.807) is 7.11 Å². The molecule has 0 radical (unpaired) electrons. The molecule has 2 saturated heterocycles. The Kier molecular flexibility index (Phi) is 6.08. The molecule has 1 aromatic carbocycles. The number of aromatic nitrogens is 3. The Balaban J connectivity index is 1.25. The molecule has 2 aliphatic rings. The maximum absolute atomic E-state index is 12.9. The van der Waals surface area contributed by atoms with Crippen LogP contribution in [0.1, 0.15) is 55.6 Å². The van der Waals surface area contributed by atoms with Gasteiger partial charge >= 0.3 is 0 Å². The number of aryl methyl sites for hydroxylation is 1. The molecule has 0 N–H and O–H groups in total. The Morgan fingerprint density at radius 2 is 2.06 bits per heavy atom. The van der Waals surface area contributed by atoms with Crippen molar-refractivity contribution in [3.8, 4) is 5.75 Å². The predicted molar refractivity (Wildman–Crippen MR) is 122 cm³/mol. The van der Waals surface area contributed by atoms with Crippen LogP contribution in [-0.4, -0.2) is 52.1 Å². The van der Waals surface area contributed by atoms with E-state index in [0.29, 0.717) is 6.42 Å². The Bertz CT molecular complexity index is 1080. The Hall–Kier alpha value is -2.93. The van der Waals surface area contributed by atoms with E-state index in [2.05, 4.69) is 9.55 Å². The summed E-state index contributed by atoms with van der Waals surface area (Å²) < 4.78 is 13.5. The van der Waals surface area contributed by atoms with E-state index in [4.69, 9.17) is 14.5 Å². The minimum Gasteiger partial charge on any atom is -0.497 e. The molecule has 0 bridgehead atoms. The van der Waals surface area contributed by atoms with Crippen molar-refractivity contribution in [2.24, 2.45) is 0 Å². The number of imidazole rings is 1. The maximum atomic E-state index is 12.9. The van der Waals surface area contributed by atoms with Gasteiger partial charge in [0.15, 0.2) is 5.65 Å². The zero-order valence-corrected chi connectivity index (χ0v) is 18.6. The van der Waals surface area contributed by atoms with Crippen LogP contribution in [0.15, 0.2) is 42.6 Å². The van der Waals surface area contributed by atoms with E-state index in [9.17, 15) is 4.79 Å². The number of benzene rings is 1. The van der Waals surface area contributed by atoms with Gasteiger partial charge in [-0.2, -0.15) is 0 Å². The van der Waals surface area contributed by atoms with Crippen molar-refractivity contribution in [3.05, 3.63) is 54.0 Å². The summed E-state index contributed by atoms with van der Waals surface area (Å²) >= 11 is 0. The number of nitrogens with zero attached hydrogens (tertiary/aromatic N) is 4. The molecule has 1 amide bonds. The molecule has 32 heavy (non-hydrogen) atoms. The normalized spacial score (nSPS) is 19.5. The van der Waals surface area contributed by atoms with Crippen LogP contribution in [0.25, 0.3) is 11.2 Å². The average molecular weight is 435 g/mol. The summed E-state index contributed by atoms with van der Waals surface area (Å²) in [6, 6.07) is 12.2. The van der Waals surface area contributed by atoms with Crippen LogP contribution in [0.3, 0.4) is 0 Å². The quantitative estimate of drug-likeness (QED) is 0.585. The van der Waals surface area contributed by atoms with Crippen LogP contribution in [0.4, 0.5) is 0 Å². The molecular formula is C25H30N4O3. The first-order chi connectivity index (χ1) is 15.7. The number of carbonyl (C=O) groups excluding carboxylic acids is 1. The van der Waals surface area contributed by atoms with Crippen LogP contribution in [0.5, 0.6) is 5.75 Å². The number of hydrogen-bond donors (Lipinski definition) is 0. The van der Waals surface area contributed by atoms with Crippen LogP contribution in [0.2, 0.25) is 0 Å². The number of likely N-dealkylation sites (tertiary alicyclic amines) is 1. The fourth-order valence-corrected chi connectivity index (χ4v) is 4.93. The van der Waals surface area contributed by atoms with Gasteiger partial charge in [-0.05, 0) is 61.9 Å². The maximum Gasteiger partial charge on any atom is 0.222 e. The molecule has 0 spiro atoms. The number of rotatable bonds is 6. The SMILES string of the molecule is COc1cccc(CCC(=O)N2CCC(n3c(C4CCCO4)nc4cccnc43)CC2)c1. The van der Waals surface area contributed by atoms with Crippen LogP contribution < -0.4 is 4.74 Å². The molecule has 4 heterocycles. The topological polar surface area (TPSA) is 69.5 Å². The standard InChI is InChI=1S/C25H30N4O3/c1-31-20-6-2-5-18(17-20)9-10-23(30)28-14-11-19(12-15-28)29-24-21(7-3-13-26-24)27-25(29)22-8-4-16-32-22/h2-3,5-7,13,17,19,22H,4,8-12,14-16H2,1H3. The summed E-state index contributed by atoms with van der Waals surface area (Å²) in [5.41, 5.74) is 2.99. The summed E-state index contributed by atoms with van der Waals surface area (Å²) in [7, 11) is 1.66. The van der Waals surface area contributed by atoms with E-state index >= 15 is 0 Å². The molecule has 2 fully saturated rings. The van der Waals surface area contributed by atoms with E-state index in [1.165, 1.54) is 0 Å². The number of fused-ring (bicyclic) bond motifs is 1. The van der Waals surface area contributed by atoms with Gasteiger partial charge in [-0.15, -0.1) is 0 Å². The van der Waals surface area contributed by atoms with Gasteiger partial charge in [0.1, 0.15) is 23.2 Å². The first-order valence-corrected chi connectivity index (χ1v) is 11.6. The van der Waals surface area contributed by atoms with Crippen LogP contribution >= 0.6 is 0 Å². The Morgan fingerprint density at radius 3 is 2.84 bits per heavy atom. The molecule has 168 valence electrons. The molecule has 7 heteroatoms. The van der Waals surface area contributed by atoms with Crippen molar-refractivity contribution < 1.29 is 14.3 Å². The van der Waals surface area contributed by atoms with E-state index < -0.39 is 0 Å². The second kappa shape index (κ2) is 9.28. The number of carbonyl (C=O) groups is 1. The van der Waals surface area contributed by atoms with Crippen molar-refractivity contribution in [2.45, 2.75) is 50.7 Å². The third-order valence-corrected chi connectivity index (χ3v) is 6.64. The lowest BCUT2D eigenvalue weighted by Gasteiger charge is -2.34. The fraction of sp³-hybridized carbons (Fsp3) is 0.480. The highest BCUT2D eigenvalue weighted by Gasteiger charge is 2.31. The molecule has 0 aliphatic carbocycles. The molecular weight excluding hydrogens is 404 g/mol. The lowest BCUT2D eigenvalue weighted by molar-refractivity contribution is -0.132. The summed E-state index contributed by atoms with van der Waals surface area (Å²) in [5, 5.41) is 0. The second-order valence-corrected chi connectivity index (χ2v) is 8.65. The molecule has 1 atom stereocenters. The highest BCUT2D eigenvalue weighted by atomic mass is 16.5. The molecule has 2 aliphatic heterocycles. The zero-order chi connectivity index (χ0) is 21.9. The molecule has 2 aromatic heterocycles. The van der Waals surface area contributed by atoms with Gasteiger partial charge in [-0.25, -0.2) is 9.97 Å². The van der Waals surface area contributed by atoms with Crippen LogP contribution in [-0.2, 0) is 16.0 Å². The third kappa shape index (κ3) is 4.21. The van der Waals surface area contributed by atoms with Gasteiger partial charge in [-0.3, -0.25) is 4.79 Å². The third-order valence-electron chi connectivity index (χ3n) is 6.64. The first kappa shape index (κ1) is 20.9. The lowest BCUT2D eigenvalue weighted by atomic mass is 10.0. The van der Waals surface area contributed by atoms with Crippen molar-refractivity contribution in [1.82, 2.24) is 19.4 Å². The first-order valence-electron chi connectivity index (χ1n) is 11.6. The number of pyridine rings is 1. The molecule has 3 aromatic rings. The lowest BCUT2D eigenvalue weighted by Crippen LogP contribution is -2.39. The molecule has 5 rings (SSSR count). The Labute approximate surface area is 188 Å². The van der Waals surface area contributed by atoms with Crippen molar-refractivity contribution >= 4 is 17.1 Å². The monoisotopic (exact) mass is 434 g/mol. The van der Waals surface area contributed by atoms with Gasteiger partial charge in [0.05, 0.1) is 7.11 Å². The van der Waals surface area contributed by atoms with E-state index in [1.807, 2.05) is 47.5 Å². The highest BCUT2D eigenvalue weighted by Crippen LogP contribution is 2.35. The van der Waals surface area contributed by atoms with Gasteiger partial charge in [0.2, 0.25) is 5.91 Å². The fourth-order valence-electron chi connectivity index (χ4n) is 4.93. The summed E-state index contributed by atoms with van der Waals surface area (Å²) in [4.78, 5) is 24.4. The minimum absolute atomic E-state index is 0.0479. The Morgan fingerprint density at radius 1 is 1.19 bits per heavy atom. The van der Waals surface area contributed by atoms with Crippen molar-refractivity contribution in [1.29, 1.82) is 0 Å². The zero-order valence-electron chi connectivity index (χ0n) is 18.6. The summed E-state index contributed by atoms with van der Waals surface area (Å²) in [6.07, 6.45) is 7.03. The van der Waals surface area contributed by atoms with Gasteiger partial charge in [0, 0.05) is 38.4 Å². The molecule has 0 saturated carbocycles. The number of hydrogen-bond acceptors (Lipinski definition) is 5. The van der Waals surface area contributed by atoms with Gasteiger partial charge in [0.25, 0.3) is 0 Å². The minimum atomic E-state index is 0.0479. The van der Waals surface area contributed by atoms with Gasteiger partial charge in [-0.1, -0.05) is 12.1 Å². The predicted octanol–water partition coefficient (Wildman–Crippen LogP) is 4.09.